The molecule has 0 aromatic heterocycles. The maximum absolute atomic E-state index is 5.73. The van der Waals surface area contributed by atoms with Crippen molar-refractivity contribution in [3.63, 3.8) is 0 Å². The van der Waals surface area contributed by atoms with Crippen LogP contribution in [0, 0.1) is 0 Å². The quantitative estimate of drug-likeness (QED) is 0.630. The Bertz CT molecular complexity index is 565. The summed E-state index contributed by atoms with van der Waals surface area (Å²) in [4.78, 5) is 2.13. The van der Waals surface area contributed by atoms with Gasteiger partial charge in [-0.05, 0) is 50.4 Å². The Morgan fingerprint density at radius 1 is 1.00 bits per heavy atom. The normalized spacial score (nSPS) is 15.2. The molecule has 0 spiro atoms. The zero-order valence-corrected chi connectivity index (χ0v) is 17.8. The van der Waals surface area contributed by atoms with Gasteiger partial charge in [0, 0.05) is 24.4 Å². The molecule has 1 saturated carbocycles. The summed E-state index contributed by atoms with van der Waals surface area (Å²) in [7, 11) is 5.77. The lowest BCUT2D eigenvalue weighted by Gasteiger charge is -2.08. The van der Waals surface area contributed by atoms with Crippen LogP contribution in [0.2, 0.25) is 5.02 Å². The highest BCUT2D eigenvalue weighted by Gasteiger charge is 1.95. The topological polar surface area (TPSA) is 24.5 Å². The minimum absolute atomic E-state index is 0.560. The molecule has 2 aliphatic rings. The van der Waals surface area contributed by atoms with Crippen molar-refractivity contribution in [1.82, 2.24) is 10.2 Å². The summed E-state index contributed by atoms with van der Waals surface area (Å²) in [5.41, 5.74) is 2.39. The number of rotatable bonds is 5. The van der Waals surface area contributed by atoms with Gasteiger partial charge in [0.15, 0.2) is 0 Å². The molecule has 2 aliphatic carbocycles. The van der Waals surface area contributed by atoms with Gasteiger partial charge in [0.05, 0.1) is 0 Å². The molecule has 1 N–H and O–H groups in total. The van der Waals surface area contributed by atoms with E-state index in [1.165, 1.54) is 37.7 Å². The molecule has 3 rings (SSSR count). The monoisotopic (exact) mass is 390 g/mol. The van der Waals surface area contributed by atoms with Crippen LogP contribution in [-0.4, -0.2) is 32.8 Å². The highest BCUT2D eigenvalue weighted by molar-refractivity contribution is 6.30. The molecule has 0 amide bonds. The second-order valence-corrected chi connectivity index (χ2v) is 7.37. The molecule has 3 nitrogen and oxygen atoms in total. The predicted octanol–water partition coefficient (Wildman–Crippen LogP) is 5.93. The largest absolute Gasteiger partial charge is 0.365 e. The molecule has 0 heterocycles. The van der Waals surface area contributed by atoms with Crippen molar-refractivity contribution < 1.29 is 4.74 Å². The van der Waals surface area contributed by atoms with Crippen LogP contribution in [0.15, 0.2) is 60.3 Å². The molecular weight excluding hydrogens is 356 g/mol. The van der Waals surface area contributed by atoms with Crippen molar-refractivity contribution in [2.75, 3.05) is 27.9 Å². The molecule has 1 aromatic carbocycles. The minimum atomic E-state index is 0.560. The number of nitrogens with one attached hydrogen (secondary N) is 1. The third-order valence-electron chi connectivity index (χ3n) is 4.06. The highest BCUT2D eigenvalue weighted by atomic mass is 35.5. The fraction of sp³-hybridized carbons (Fsp3) is 0.478. The van der Waals surface area contributed by atoms with Crippen LogP contribution in [0.3, 0.4) is 0 Å². The maximum atomic E-state index is 5.73. The number of halogens is 1. The summed E-state index contributed by atoms with van der Waals surface area (Å²) < 4.78 is 4.88. The lowest BCUT2D eigenvalue weighted by Crippen LogP contribution is -2.14. The third kappa shape index (κ3) is 13.3. The van der Waals surface area contributed by atoms with E-state index in [0.717, 1.165) is 23.7 Å². The van der Waals surface area contributed by atoms with Gasteiger partial charge < -0.3 is 15.0 Å². The molecule has 0 aliphatic heterocycles. The van der Waals surface area contributed by atoms with Gasteiger partial charge >= 0.3 is 0 Å². The molecule has 27 heavy (non-hydrogen) atoms. The molecule has 0 saturated heterocycles. The Balaban J connectivity index is 0.000000216. The average Bonchev–Trinajstić information content (AvgIpc) is 3.14. The third-order valence-corrected chi connectivity index (χ3v) is 4.32. The van der Waals surface area contributed by atoms with Crippen molar-refractivity contribution in [3.05, 3.63) is 70.9 Å². The molecule has 0 atom stereocenters. The van der Waals surface area contributed by atoms with Crippen LogP contribution in [0.1, 0.15) is 44.1 Å². The van der Waals surface area contributed by atoms with E-state index < -0.39 is 0 Å². The van der Waals surface area contributed by atoms with E-state index in [4.69, 9.17) is 16.3 Å². The fourth-order valence-electron chi connectivity index (χ4n) is 2.69. The van der Waals surface area contributed by atoms with Gasteiger partial charge in [-0.1, -0.05) is 74.1 Å². The molecule has 0 unspecified atom stereocenters. The first-order valence-electron chi connectivity index (χ1n) is 9.77. The Labute approximate surface area is 170 Å². The number of methoxy groups -OCH3 is 1. The lowest BCUT2D eigenvalue weighted by atomic mass is 10.2. The van der Waals surface area contributed by atoms with Crippen molar-refractivity contribution in [2.45, 2.75) is 45.1 Å². The number of hydrogen-bond acceptors (Lipinski definition) is 3. The Kier molecular flexibility index (Phi) is 13.5. The van der Waals surface area contributed by atoms with Crippen LogP contribution in [0.4, 0.5) is 0 Å². The molecule has 4 heteroatoms. The zero-order valence-electron chi connectivity index (χ0n) is 17.1. The summed E-state index contributed by atoms with van der Waals surface area (Å²) in [6.07, 6.45) is 18.9. The first-order chi connectivity index (χ1) is 13.1. The number of benzene rings is 1. The molecule has 1 fully saturated rings. The van der Waals surface area contributed by atoms with Gasteiger partial charge in [-0.15, -0.1) is 0 Å². The molecule has 0 radical (unpaired) electrons. The Morgan fingerprint density at radius 3 is 2.19 bits per heavy atom. The first kappa shape index (κ1) is 23.5. The van der Waals surface area contributed by atoms with Crippen molar-refractivity contribution in [3.8, 4) is 0 Å². The SMILES string of the molecule is C1CCCC1.CN(C)Cc1ccc(Cl)cc1.COCNC1=CC=CCC=C1. The summed E-state index contributed by atoms with van der Waals surface area (Å²) in [6, 6.07) is 7.92. The average molecular weight is 391 g/mol. The molecule has 150 valence electrons. The number of nitrogens with zero attached hydrogens (tertiary/aromatic N) is 1. The predicted molar refractivity (Wildman–Crippen MR) is 118 cm³/mol. The summed E-state index contributed by atoms with van der Waals surface area (Å²) in [5, 5.41) is 3.91. The van der Waals surface area contributed by atoms with Gasteiger partial charge in [0.1, 0.15) is 6.73 Å². The van der Waals surface area contributed by atoms with Crippen molar-refractivity contribution in [2.24, 2.45) is 0 Å². The van der Waals surface area contributed by atoms with Crippen LogP contribution in [0.25, 0.3) is 0 Å². The summed E-state index contributed by atoms with van der Waals surface area (Å²) >= 11 is 5.73. The number of allylic oxidation sites excluding steroid dienone is 5. The summed E-state index contributed by atoms with van der Waals surface area (Å²) in [6.45, 7) is 1.53. The Hall–Kier alpha value is -1.55. The number of hydrogen-bond donors (Lipinski definition) is 1. The van der Waals surface area contributed by atoms with Crippen LogP contribution in [-0.2, 0) is 11.3 Å². The van der Waals surface area contributed by atoms with E-state index >= 15 is 0 Å². The van der Waals surface area contributed by atoms with Gasteiger partial charge in [-0.3, -0.25) is 0 Å². The van der Waals surface area contributed by atoms with Gasteiger partial charge in [0.25, 0.3) is 0 Å². The fourth-order valence-corrected chi connectivity index (χ4v) is 2.82. The lowest BCUT2D eigenvalue weighted by molar-refractivity contribution is 0.185. The van der Waals surface area contributed by atoms with Crippen LogP contribution >= 0.6 is 11.6 Å². The maximum Gasteiger partial charge on any atom is 0.116 e. The van der Waals surface area contributed by atoms with E-state index in [2.05, 4.69) is 42.5 Å². The molecule has 1 aromatic rings. The minimum Gasteiger partial charge on any atom is -0.365 e. The summed E-state index contributed by atoms with van der Waals surface area (Å²) in [5.74, 6) is 0. The Morgan fingerprint density at radius 2 is 1.63 bits per heavy atom. The first-order valence-corrected chi connectivity index (χ1v) is 10.1. The smallest absolute Gasteiger partial charge is 0.116 e. The van der Waals surface area contributed by atoms with E-state index in [-0.39, 0.29) is 0 Å². The van der Waals surface area contributed by atoms with Crippen molar-refractivity contribution >= 4 is 11.6 Å². The van der Waals surface area contributed by atoms with Crippen LogP contribution in [0.5, 0.6) is 0 Å². The number of ether oxygens (including phenoxy) is 1. The van der Waals surface area contributed by atoms with Gasteiger partial charge in [-0.25, -0.2) is 0 Å². The second kappa shape index (κ2) is 15.5. The zero-order chi connectivity index (χ0) is 19.7. The van der Waals surface area contributed by atoms with E-state index in [1.807, 2.05) is 36.4 Å². The van der Waals surface area contributed by atoms with Crippen LogP contribution < -0.4 is 5.32 Å². The highest BCUT2D eigenvalue weighted by Crippen LogP contribution is 2.15. The van der Waals surface area contributed by atoms with Crippen molar-refractivity contribution in [1.29, 1.82) is 0 Å². The van der Waals surface area contributed by atoms with E-state index in [9.17, 15) is 0 Å². The molecule has 0 bridgehead atoms. The van der Waals surface area contributed by atoms with Gasteiger partial charge in [-0.2, -0.15) is 0 Å². The van der Waals surface area contributed by atoms with E-state index in [1.54, 1.807) is 7.11 Å². The van der Waals surface area contributed by atoms with E-state index in [0.29, 0.717) is 6.73 Å². The standard InChI is InChI=1S/C9H12ClN.C9H13NO.C5H10/c1-11(2)7-8-3-5-9(10)6-4-8;1-11-8-10-9-6-4-2-3-5-7-9;1-2-4-5-3-1/h3-6H,7H2,1-2H3;2,4-7,10H,3,8H2,1H3;1-5H2. The van der Waals surface area contributed by atoms with Gasteiger partial charge in [0.2, 0.25) is 0 Å². The molecular formula is C23H35ClN2O. The second-order valence-electron chi connectivity index (χ2n) is 6.93.